The van der Waals surface area contributed by atoms with Crippen molar-refractivity contribution in [3.63, 3.8) is 0 Å². The first kappa shape index (κ1) is 14.0. The third-order valence-electron chi connectivity index (χ3n) is 4.26. The molecule has 0 spiro atoms. The van der Waals surface area contributed by atoms with Gasteiger partial charge < -0.3 is 0 Å². The summed E-state index contributed by atoms with van der Waals surface area (Å²) in [5, 5.41) is 0. The number of rotatable bonds is 6. The molecule has 2 aromatic heterocycles. The van der Waals surface area contributed by atoms with Crippen LogP contribution in [0, 0.1) is 5.92 Å². The molecule has 2 nitrogen and oxygen atoms in total. The van der Waals surface area contributed by atoms with E-state index in [0.29, 0.717) is 0 Å². The zero-order valence-corrected chi connectivity index (χ0v) is 12.5. The second-order valence-electron chi connectivity index (χ2n) is 5.82. The van der Waals surface area contributed by atoms with Gasteiger partial charge in [-0.15, -0.1) is 0 Å². The number of aromatic nitrogens is 2. The number of nitrogens with zero attached hydrogens (tertiary/aromatic N) is 2. The number of hydrogen-bond acceptors (Lipinski definition) is 1. The first-order valence-corrected chi connectivity index (χ1v) is 7.98. The minimum Gasteiger partial charge on any atom is -0.265 e. The van der Waals surface area contributed by atoms with Crippen molar-refractivity contribution in [1.29, 1.82) is 0 Å². The van der Waals surface area contributed by atoms with Gasteiger partial charge in [0.15, 0.2) is 12.4 Å². The predicted octanol–water partition coefficient (Wildman–Crippen LogP) is 4.17. The van der Waals surface area contributed by atoms with Crippen molar-refractivity contribution in [3.05, 3.63) is 61.2 Å². The fourth-order valence-corrected chi connectivity index (χ4v) is 2.98. The van der Waals surface area contributed by atoms with E-state index in [9.17, 15) is 0 Å². The summed E-state index contributed by atoms with van der Waals surface area (Å²) in [5.74, 6) is 0.851. The zero-order valence-electron chi connectivity index (χ0n) is 12.5. The summed E-state index contributed by atoms with van der Waals surface area (Å²) in [7, 11) is 0. The van der Waals surface area contributed by atoms with Crippen molar-refractivity contribution in [2.24, 2.45) is 5.92 Å². The Balaban J connectivity index is 1.47. The van der Waals surface area contributed by atoms with Crippen LogP contribution in [0.4, 0.5) is 0 Å². The molecular formula is C19H23N2+. The summed E-state index contributed by atoms with van der Waals surface area (Å²) in [5.41, 5.74) is 2.48. The summed E-state index contributed by atoms with van der Waals surface area (Å²) >= 11 is 0. The van der Waals surface area contributed by atoms with E-state index in [2.05, 4.69) is 58.4 Å². The van der Waals surface area contributed by atoms with Gasteiger partial charge in [0.2, 0.25) is 0 Å². The van der Waals surface area contributed by atoms with Crippen LogP contribution in [0.25, 0.3) is 11.1 Å². The molecule has 108 valence electrons. The smallest absolute Gasteiger partial charge is 0.169 e. The van der Waals surface area contributed by atoms with Crippen molar-refractivity contribution in [2.45, 2.75) is 38.6 Å². The van der Waals surface area contributed by atoms with Crippen molar-refractivity contribution in [2.75, 3.05) is 0 Å². The summed E-state index contributed by atoms with van der Waals surface area (Å²) in [6, 6.07) is 8.48. The van der Waals surface area contributed by atoms with E-state index >= 15 is 0 Å². The largest absolute Gasteiger partial charge is 0.265 e. The van der Waals surface area contributed by atoms with Crippen LogP contribution in [0.15, 0.2) is 61.2 Å². The van der Waals surface area contributed by atoms with Crippen LogP contribution in [0.1, 0.15) is 32.1 Å². The van der Waals surface area contributed by atoms with Gasteiger partial charge >= 0.3 is 0 Å². The molecule has 0 bridgehead atoms. The molecule has 21 heavy (non-hydrogen) atoms. The molecule has 0 saturated carbocycles. The topological polar surface area (TPSA) is 16.8 Å². The second kappa shape index (κ2) is 7.16. The van der Waals surface area contributed by atoms with Gasteiger partial charge in [-0.05, 0) is 54.9 Å². The van der Waals surface area contributed by atoms with Crippen LogP contribution in [-0.4, -0.2) is 4.98 Å². The summed E-state index contributed by atoms with van der Waals surface area (Å²) in [4.78, 5) is 4.06. The molecular weight excluding hydrogens is 256 g/mol. The van der Waals surface area contributed by atoms with E-state index in [-0.39, 0.29) is 0 Å². The van der Waals surface area contributed by atoms with Crippen LogP contribution >= 0.6 is 0 Å². The first-order chi connectivity index (χ1) is 10.4. The molecule has 1 aliphatic carbocycles. The Hall–Kier alpha value is -1.96. The lowest BCUT2D eigenvalue weighted by atomic mass is 10.0. The molecule has 1 aliphatic rings. The van der Waals surface area contributed by atoms with E-state index in [1.54, 1.807) is 0 Å². The average molecular weight is 279 g/mol. The molecule has 3 rings (SSSR count). The Kier molecular flexibility index (Phi) is 4.78. The lowest BCUT2D eigenvalue weighted by Crippen LogP contribution is -2.32. The van der Waals surface area contributed by atoms with E-state index in [1.165, 1.54) is 43.2 Å². The van der Waals surface area contributed by atoms with Crippen LogP contribution < -0.4 is 4.57 Å². The molecule has 2 aromatic rings. The molecule has 0 amide bonds. The highest BCUT2D eigenvalue weighted by Crippen LogP contribution is 2.22. The lowest BCUT2D eigenvalue weighted by Gasteiger charge is -2.05. The molecule has 2 heterocycles. The minimum absolute atomic E-state index is 0.851. The number of pyridine rings is 2. The van der Waals surface area contributed by atoms with Gasteiger partial charge in [-0.2, -0.15) is 0 Å². The molecule has 2 heteroatoms. The monoisotopic (exact) mass is 279 g/mol. The molecule has 0 radical (unpaired) electrons. The maximum atomic E-state index is 4.06. The summed E-state index contributed by atoms with van der Waals surface area (Å²) in [6.07, 6.45) is 19.4. The second-order valence-corrected chi connectivity index (χ2v) is 5.82. The lowest BCUT2D eigenvalue weighted by molar-refractivity contribution is -0.697. The maximum Gasteiger partial charge on any atom is 0.169 e. The maximum absolute atomic E-state index is 4.06. The SMILES string of the molecule is C1=C[C@@H](CCCC[n+]2ccc(-c3ccncc3)cc2)CC1. The Labute approximate surface area is 127 Å². The van der Waals surface area contributed by atoms with Gasteiger partial charge in [-0.25, -0.2) is 4.57 Å². The van der Waals surface area contributed by atoms with Gasteiger partial charge in [-0.1, -0.05) is 12.2 Å². The minimum atomic E-state index is 0.851. The Morgan fingerprint density at radius 2 is 1.76 bits per heavy atom. The molecule has 0 aliphatic heterocycles. The third kappa shape index (κ3) is 4.01. The van der Waals surface area contributed by atoms with Crippen LogP contribution in [0.2, 0.25) is 0 Å². The molecule has 0 N–H and O–H groups in total. The highest BCUT2D eigenvalue weighted by atomic mass is 14.9. The Morgan fingerprint density at radius 3 is 2.48 bits per heavy atom. The van der Waals surface area contributed by atoms with Gasteiger partial charge in [-0.3, -0.25) is 4.98 Å². The molecule has 1 atom stereocenters. The predicted molar refractivity (Wildman–Crippen MR) is 85.6 cm³/mol. The number of allylic oxidation sites excluding steroid dienone is 2. The van der Waals surface area contributed by atoms with Gasteiger partial charge in [0.05, 0.1) is 0 Å². The van der Waals surface area contributed by atoms with Crippen LogP contribution in [-0.2, 0) is 6.54 Å². The third-order valence-corrected chi connectivity index (χ3v) is 4.26. The molecule has 0 fully saturated rings. The number of aryl methyl sites for hydroxylation is 1. The summed E-state index contributed by atoms with van der Waals surface area (Å²) < 4.78 is 2.29. The molecule has 0 aromatic carbocycles. The van der Waals surface area contributed by atoms with E-state index < -0.39 is 0 Å². The fraction of sp³-hybridized carbons (Fsp3) is 0.368. The van der Waals surface area contributed by atoms with Crippen molar-refractivity contribution in [1.82, 2.24) is 4.98 Å². The van der Waals surface area contributed by atoms with Crippen molar-refractivity contribution in [3.8, 4) is 11.1 Å². The van der Waals surface area contributed by atoms with Gasteiger partial charge in [0, 0.05) is 30.9 Å². The van der Waals surface area contributed by atoms with E-state index in [4.69, 9.17) is 0 Å². The average Bonchev–Trinajstić information content (AvgIpc) is 3.06. The van der Waals surface area contributed by atoms with E-state index in [0.717, 1.165) is 12.5 Å². The fourth-order valence-electron chi connectivity index (χ4n) is 2.98. The zero-order chi connectivity index (χ0) is 14.3. The van der Waals surface area contributed by atoms with Crippen molar-refractivity contribution < 1.29 is 4.57 Å². The number of hydrogen-bond donors (Lipinski definition) is 0. The normalized spacial score (nSPS) is 17.2. The van der Waals surface area contributed by atoms with Crippen molar-refractivity contribution >= 4 is 0 Å². The Morgan fingerprint density at radius 1 is 1.00 bits per heavy atom. The molecule has 0 unspecified atom stereocenters. The van der Waals surface area contributed by atoms with Gasteiger partial charge in [0.1, 0.15) is 6.54 Å². The standard InChI is InChI=1S/C19H23N2/c1-2-6-17(5-1)7-3-4-14-21-15-10-19(11-16-21)18-8-12-20-13-9-18/h1,5,8-13,15-17H,2-4,6-7,14H2/q+1/t17-/m1/s1. The van der Waals surface area contributed by atoms with E-state index in [1.807, 2.05) is 12.4 Å². The van der Waals surface area contributed by atoms with Crippen LogP contribution in [0.5, 0.6) is 0 Å². The quantitative estimate of drug-likeness (QED) is 0.440. The highest BCUT2D eigenvalue weighted by Gasteiger charge is 2.09. The first-order valence-electron chi connectivity index (χ1n) is 7.98. The van der Waals surface area contributed by atoms with Crippen LogP contribution in [0.3, 0.4) is 0 Å². The van der Waals surface area contributed by atoms with Gasteiger partial charge in [0.25, 0.3) is 0 Å². The Bertz CT molecular complexity index is 572. The number of unbranched alkanes of at least 4 members (excludes halogenated alkanes) is 1. The molecule has 0 saturated heterocycles. The summed E-state index contributed by atoms with van der Waals surface area (Å²) in [6.45, 7) is 1.12. The highest BCUT2D eigenvalue weighted by molar-refractivity contribution is 5.61.